The summed E-state index contributed by atoms with van der Waals surface area (Å²) >= 11 is 0. The van der Waals surface area contributed by atoms with E-state index in [9.17, 15) is 8.78 Å². The van der Waals surface area contributed by atoms with Crippen molar-refractivity contribution in [1.82, 2.24) is 0 Å². The number of rotatable bonds is 7. The second-order valence-electron chi connectivity index (χ2n) is 4.48. The second kappa shape index (κ2) is 7.70. The van der Waals surface area contributed by atoms with Crippen molar-refractivity contribution in [2.24, 2.45) is 0 Å². The molecule has 1 aromatic carbocycles. The van der Waals surface area contributed by atoms with E-state index in [1.54, 1.807) is 6.07 Å². The second-order valence-corrected chi connectivity index (χ2v) is 4.48. The van der Waals surface area contributed by atoms with Crippen LogP contribution in [0.5, 0.6) is 0 Å². The third-order valence-corrected chi connectivity index (χ3v) is 2.50. The molecular formula is C14H18F2N2O. The molecule has 0 aliphatic rings. The molecule has 0 amide bonds. The Hall–Kier alpha value is -1.67. The van der Waals surface area contributed by atoms with Crippen molar-refractivity contribution in [3.05, 3.63) is 29.3 Å². The van der Waals surface area contributed by atoms with Gasteiger partial charge in [-0.2, -0.15) is 5.26 Å². The first-order valence-electron chi connectivity index (χ1n) is 6.29. The van der Waals surface area contributed by atoms with Crippen molar-refractivity contribution in [1.29, 1.82) is 5.26 Å². The molecule has 0 unspecified atom stereocenters. The normalized spacial score (nSPS) is 10.5. The average Bonchev–Trinajstić information content (AvgIpc) is 2.35. The van der Waals surface area contributed by atoms with Gasteiger partial charge in [0.15, 0.2) is 11.6 Å². The minimum Gasteiger partial charge on any atom is -0.380 e. The molecule has 1 N–H and O–H groups in total. The monoisotopic (exact) mass is 268 g/mol. The summed E-state index contributed by atoms with van der Waals surface area (Å²) in [5.41, 5.74) is -0.199. The minimum atomic E-state index is -0.741. The van der Waals surface area contributed by atoms with Crippen molar-refractivity contribution < 1.29 is 13.5 Å². The number of hydrogen-bond acceptors (Lipinski definition) is 3. The average molecular weight is 268 g/mol. The van der Waals surface area contributed by atoms with Gasteiger partial charge >= 0.3 is 0 Å². The van der Waals surface area contributed by atoms with E-state index in [-0.39, 0.29) is 17.4 Å². The van der Waals surface area contributed by atoms with Crippen LogP contribution in [0.2, 0.25) is 0 Å². The molecule has 0 atom stereocenters. The van der Waals surface area contributed by atoms with E-state index >= 15 is 0 Å². The molecular weight excluding hydrogens is 250 g/mol. The quantitative estimate of drug-likeness (QED) is 0.770. The predicted molar refractivity (Wildman–Crippen MR) is 69.9 cm³/mol. The molecule has 0 fully saturated rings. The summed E-state index contributed by atoms with van der Waals surface area (Å²) in [6.07, 6.45) is 1.78. The number of hydrogen-bond donors (Lipinski definition) is 1. The Morgan fingerprint density at radius 2 is 1.89 bits per heavy atom. The molecule has 19 heavy (non-hydrogen) atoms. The third kappa shape index (κ3) is 5.23. The molecule has 1 aromatic rings. The van der Waals surface area contributed by atoms with Gasteiger partial charge in [-0.15, -0.1) is 0 Å². The third-order valence-electron chi connectivity index (χ3n) is 2.50. The fourth-order valence-electron chi connectivity index (χ4n) is 1.57. The van der Waals surface area contributed by atoms with Crippen LogP contribution in [0.1, 0.15) is 32.3 Å². The van der Waals surface area contributed by atoms with Crippen LogP contribution < -0.4 is 5.32 Å². The lowest BCUT2D eigenvalue weighted by molar-refractivity contribution is 0.0765. The lowest BCUT2D eigenvalue weighted by atomic mass is 10.2. The van der Waals surface area contributed by atoms with Gasteiger partial charge < -0.3 is 10.1 Å². The highest BCUT2D eigenvalue weighted by atomic mass is 19.1. The van der Waals surface area contributed by atoms with Gasteiger partial charge in [-0.05, 0) is 38.8 Å². The summed E-state index contributed by atoms with van der Waals surface area (Å²) in [5, 5.41) is 11.3. The standard InChI is InChI=1S/C14H18F2N2O/c1-10(2)19-6-4-3-5-18-14-12(15)7-11(9-17)8-13(14)16/h7-8,10,18H,3-6H2,1-2H3. The summed E-state index contributed by atoms with van der Waals surface area (Å²) < 4.78 is 32.4. The topological polar surface area (TPSA) is 45.0 Å². The van der Waals surface area contributed by atoms with E-state index in [1.165, 1.54) is 0 Å². The van der Waals surface area contributed by atoms with Crippen molar-refractivity contribution >= 4 is 5.69 Å². The van der Waals surface area contributed by atoms with E-state index in [4.69, 9.17) is 10.00 Å². The number of halogens is 2. The molecule has 5 heteroatoms. The molecule has 3 nitrogen and oxygen atoms in total. The number of benzene rings is 1. The highest BCUT2D eigenvalue weighted by Crippen LogP contribution is 2.20. The fraction of sp³-hybridized carbons (Fsp3) is 0.500. The molecule has 0 bridgehead atoms. The molecule has 0 aliphatic heterocycles. The van der Waals surface area contributed by atoms with Crippen LogP contribution in [0, 0.1) is 23.0 Å². The summed E-state index contributed by atoms with van der Waals surface area (Å²) in [4.78, 5) is 0. The lowest BCUT2D eigenvalue weighted by Gasteiger charge is -2.10. The van der Waals surface area contributed by atoms with E-state index in [1.807, 2.05) is 13.8 Å². The Balaban J connectivity index is 2.40. The number of nitrogens with one attached hydrogen (secondary N) is 1. The van der Waals surface area contributed by atoms with Gasteiger partial charge in [-0.3, -0.25) is 0 Å². The maximum absolute atomic E-state index is 13.5. The van der Waals surface area contributed by atoms with Crippen LogP contribution in [0.25, 0.3) is 0 Å². The smallest absolute Gasteiger partial charge is 0.150 e. The maximum Gasteiger partial charge on any atom is 0.150 e. The fourth-order valence-corrected chi connectivity index (χ4v) is 1.57. The van der Waals surface area contributed by atoms with Gasteiger partial charge in [0.05, 0.1) is 17.7 Å². The van der Waals surface area contributed by atoms with E-state index < -0.39 is 11.6 Å². The van der Waals surface area contributed by atoms with Crippen LogP contribution in [-0.4, -0.2) is 19.3 Å². The van der Waals surface area contributed by atoms with Crippen LogP contribution >= 0.6 is 0 Å². The first-order chi connectivity index (χ1) is 9.04. The summed E-state index contributed by atoms with van der Waals surface area (Å²) in [6.45, 7) is 5.01. The van der Waals surface area contributed by atoms with Gasteiger partial charge in [0.2, 0.25) is 0 Å². The highest BCUT2D eigenvalue weighted by molar-refractivity contribution is 5.50. The molecule has 0 saturated heterocycles. The number of unbranched alkanes of at least 4 members (excludes halogenated alkanes) is 1. The Bertz CT molecular complexity index is 432. The van der Waals surface area contributed by atoms with Gasteiger partial charge in [-0.25, -0.2) is 8.78 Å². The van der Waals surface area contributed by atoms with Crippen LogP contribution in [0.15, 0.2) is 12.1 Å². The van der Waals surface area contributed by atoms with Crippen LogP contribution in [-0.2, 0) is 4.74 Å². The Labute approximate surface area is 112 Å². The van der Waals surface area contributed by atoms with Crippen LogP contribution in [0.4, 0.5) is 14.5 Å². The summed E-state index contributed by atoms with van der Waals surface area (Å²) in [5.74, 6) is -1.48. The van der Waals surface area contributed by atoms with Gasteiger partial charge in [0.1, 0.15) is 5.69 Å². The van der Waals surface area contributed by atoms with Crippen molar-refractivity contribution in [2.75, 3.05) is 18.5 Å². The van der Waals surface area contributed by atoms with Crippen LogP contribution in [0.3, 0.4) is 0 Å². The number of anilines is 1. The Morgan fingerprint density at radius 3 is 2.42 bits per heavy atom. The number of ether oxygens (including phenoxy) is 1. The first-order valence-corrected chi connectivity index (χ1v) is 6.29. The maximum atomic E-state index is 13.5. The van der Waals surface area contributed by atoms with Crippen molar-refractivity contribution in [2.45, 2.75) is 32.8 Å². The van der Waals surface area contributed by atoms with Gasteiger partial charge in [0, 0.05) is 13.2 Å². The molecule has 0 radical (unpaired) electrons. The molecule has 0 saturated carbocycles. The zero-order valence-corrected chi connectivity index (χ0v) is 11.2. The highest BCUT2D eigenvalue weighted by Gasteiger charge is 2.10. The zero-order valence-electron chi connectivity index (χ0n) is 11.2. The largest absolute Gasteiger partial charge is 0.380 e. The molecule has 0 aliphatic carbocycles. The van der Waals surface area contributed by atoms with E-state index in [0.717, 1.165) is 25.0 Å². The lowest BCUT2D eigenvalue weighted by Crippen LogP contribution is -2.09. The molecule has 104 valence electrons. The number of nitriles is 1. The van der Waals surface area contributed by atoms with E-state index in [2.05, 4.69) is 5.32 Å². The Kier molecular flexibility index (Phi) is 6.23. The summed E-state index contributed by atoms with van der Waals surface area (Å²) in [7, 11) is 0. The molecule has 0 aromatic heterocycles. The van der Waals surface area contributed by atoms with Gasteiger partial charge in [0.25, 0.3) is 0 Å². The first kappa shape index (κ1) is 15.4. The van der Waals surface area contributed by atoms with E-state index in [0.29, 0.717) is 13.2 Å². The van der Waals surface area contributed by atoms with Crippen molar-refractivity contribution in [3.8, 4) is 6.07 Å². The SMILES string of the molecule is CC(C)OCCCCNc1c(F)cc(C#N)cc1F. The van der Waals surface area contributed by atoms with Crippen molar-refractivity contribution in [3.63, 3.8) is 0 Å². The molecule has 0 heterocycles. The Morgan fingerprint density at radius 1 is 1.26 bits per heavy atom. The molecule has 0 spiro atoms. The number of nitrogens with zero attached hydrogens (tertiary/aromatic N) is 1. The van der Waals surface area contributed by atoms with Gasteiger partial charge in [-0.1, -0.05) is 0 Å². The predicted octanol–water partition coefficient (Wildman–Crippen LogP) is 3.45. The zero-order chi connectivity index (χ0) is 14.3. The molecule has 1 rings (SSSR count). The summed E-state index contributed by atoms with van der Waals surface area (Å²) in [6, 6.07) is 3.75. The minimum absolute atomic E-state index is 0.0223.